The van der Waals surface area contributed by atoms with Crippen LogP contribution in [-0.2, 0) is 9.84 Å². The molecule has 0 unspecified atom stereocenters. The van der Waals surface area contributed by atoms with Gasteiger partial charge in [0.1, 0.15) is 4.90 Å². The number of benzene rings is 1. The van der Waals surface area contributed by atoms with Crippen molar-refractivity contribution < 1.29 is 18.3 Å². The number of amides is 2. The molecule has 3 N–H and O–H groups in total. The van der Waals surface area contributed by atoms with Crippen molar-refractivity contribution in [2.24, 2.45) is 0 Å². The van der Waals surface area contributed by atoms with E-state index in [-0.39, 0.29) is 21.6 Å². The Morgan fingerprint density at radius 1 is 1.30 bits per heavy atom. The molecule has 0 saturated heterocycles. The van der Waals surface area contributed by atoms with Gasteiger partial charge in [0, 0.05) is 6.04 Å². The second kappa shape index (κ2) is 6.97. The SMILES string of the molecule is CC(C)S(=O)(=O)c1c(Cl)ccc(NC(=O)NC2CCCC2)c1O. The van der Waals surface area contributed by atoms with Gasteiger partial charge in [-0.05, 0) is 38.8 Å². The highest BCUT2D eigenvalue weighted by Gasteiger charge is 2.28. The highest BCUT2D eigenvalue weighted by molar-refractivity contribution is 7.92. The first-order chi connectivity index (χ1) is 10.7. The summed E-state index contributed by atoms with van der Waals surface area (Å²) in [6, 6.07) is 2.37. The molecule has 1 fully saturated rings. The number of carbonyl (C=O) groups is 1. The average molecular weight is 361 g/mol. The highest BCUT2D eigenvalue weighted by atomic mass is 35.5. The fourth-order valence-corrected chi connectivity index (χ4v) is 4.23. The van der Waals surface area contributed by atoms with Crippen LogP contribution in [0, 0.1) is 0 Å². The van der Waals surface area contributed by atoms with E-state index in [4.69, 9.17) is 11.6 Å². The van der Waals surface area contributed by atoms with Crippen LogP contribution in [0.5, 0.6) is 5.75 Å². The van der Waals surface area contributed by atoms with Crippen molar-refractivity contribution in [2.75, 3.05) is 5.32 Å². The minimum absolute atomic E-state index is 0.0177. The maximum Gasteiger partial charge on any atom is 0.319 e. The molecule has 0 aliphatic heterocycles. The molecule has 6 nitrogen and oxygen atoms in total. The van der Waals surface area contributed by atoms with Gasteiger partial charge >= 0.3 is 6.03 Å². The van der Waals surface area contributed by atoms with Crippen LogP contribution in [-0.4, -0.2) is 30.8 Å². The monoisotopic (exact) mass is 360 g/mol. The van der Waals surface area contributed by atoms with Gasteiger partial charge < -0.3 is 15.7 Å². The Kier molecular flexibility index (Phi) is 5.41. The molecule has 0 heterocycles. The average Bonchev–Trinajstić information content (AvgIpc) is 2.94. The molecule has 8 heteroatoms. The zero-order valence-corrected chi connectivity index (χ0v) is 14.7. The van der Waals surface area contributed by atoms with Crippen LogP contribution in [0.1, 0.15) is 39.5 Å². The zero-order valence-electron chi connectivity index (χ0n) is 13.1. The Balaban J connectivity index is 2.25. The summed E-state index contributed by atoms with van der Waals surface area (Å²) >= 11 is 5.94. The molecular weight excluding hydrogens is 340 g/mol. The molecule has 1 aliphatic carbocycles. The van der Waals surface area contributed by atoms with Gasteiger partial charge in [-0.3, -0.25) is 0 Å². The van der Waals surface area contributed by atoms with Crippen molar-refractivity contribution in [3.8, 4) is 5.75 Å². The molecular formula is C15H21ClN2O4S. The number of aromatic hydroxyl groups is 1. The number of phenolic OH excluding ortho intramolecular Hbond substituents is 1. The first-order valence-electron chi connectivity index (χ1n) is 7.56. The normalized spacial score (nSPS) is 15.8. The number of urea groups is 1. The maximum atomic E-state index is 12.3. The van der Waals surface area contributed by atoms with Crippen molar-refractivity contribution in [3.63, 3.8) is 0 Å². The molecule has 1 saturated carbocycles. The Hall–Kier alpha value is -1.47. The number of sulfone groups is 1. The fraction of sp³-hybridized carbons (Fsp3) is 0.533. The van der Waals surface area contributed by atoms with E-state index in [2.05, 4.69) is 10.6 Å². The van der Waals surface area contributed by atoms with Crippen LogP contribution in [0.3, 0.4) is 0 Å². The Bertz CT molecular complexity index is 698. The number of carbonyl (C=O) groups excluding carboxylic acids is 1. The first kappa shape index (κ1) is 17.9. The second-order valence-corrected chi connectivity index (χ2v) is 8.79. The van der Waals surface area contributed by atoms with E-state index in [1.54, 1.807) is 0 Å². The largest absolute Gasteiger partial charge is 0.504 e. The number of hydrogen-bond acceptors (Lipinski definition) is 4. The van der Waals surface area contributed by atoms with E-state index in [0.717, 1.165) is 25.7 Å². The summed E-state index contributed by atoms with van der Waals surface area (Å²) in [6.07, 6.45) is 4.00. The minimum atomic E-state index is -3.77. The quantitative estimate of drug-likeness (QED) is 0.718. The Morgan fingerprint density at radius 3 is 2.48 bits per heavy atom. The highest BCUT2D eigenvalue weighted by Crippen LogP contribution is 2.38. The number of nitrogens with one attached hydrogen (secondary N) is 2. The molecule has 1 aromatic carbocycles. The third-order valence-corrected chi connectivity index (χ3v) is 6.58. The van der Waals surface area contributed by atoms with Crippen LogP contribution in [0.15, 0.2) is 17.0 Å². The third-order valence-electron chi connectivity index (χ3n) is 3.93. The molecule has 0 radical (unpaired) electrons. The second-order valence-electron chi connectivity index (χ2n) is 5.95. The molecule has 23 heavy (non-hydrogen) atoms. The lowest BCUT2D eigenvalue weighted by atomic mass is 10.2. The lowest BCUT2D eigenvalue weighted by molar-refractivity contribution is 0.248. The van der Waals surface area contributed by atoms with Gasteiger partial charge in [0.25, 0.3) is 0 Å². The summed E-state index contributed by atoms with van der Waals surface area (Å²) in [5.74, 6) is -0.534. The van der Waals surface area contributed by atoms with Crippen LogP contribution in [0.2, 0.25) is 5.02 Å². The van der Waals surface area contributed by atoms with Crippen molar-refractivity contribution in [3.05, 3.63) is 17.2 Å². The van der Waals surface area contributed by atoms with E-state index >= 15 is 0 Å². The van der Waals surface area contributed by atoms with Crippen LogP contribution in [0.25, 0.3) is 0 Å². The van der Waals surface area contributed by atoms with E-state index in [1.165, 1.54) is 26.0 Å². The predicted octanol–water partition coefficient (Wildman–Crippen LogP) is 3.29. The first-order valence-corrected chi connectivity index (χ1v) is 9.48. The summed E-state index contributed by atoms with van der Waals surface area (Å²) in [5.41, 5.74) is 0.0177. The van der Waals surface area contributed by atoms with Gasteiger partial charge in [-0.1, -0.05) is 24.4 Å². The van der Waals surface area contributed by atoms with E-state index in [1.807, 2.05) is 0 Å². The number of anilines is 1. The molecule has 0 aromatic heterocycles. The summed E-state index contributed by atoms with van der Waals surface area (Å²) < 4.78 is 24.6. The van der Waals surface area contributed by atoms with Gasteiger partial charge in [-0.25, -0.2) is 13.2 Å². The lowest BCUT2D eigenvalue weighted by Crippen LogP contribution is -2.36. The smallest absolute Gasteiger partial charge is 0.319 e. The number of hydrogen-bond donors (Lipinski definition) is 3. The molecule has 1 aromatic rings. The van der Waals surface area contributed by atoms with Gasteiger partial charge in [-0.15, -0.1) is 0 Å². The Morgan fingerprint density at radius 2 is 1.91 bits per heavy atom. The maximum absolute atomic E-state index is 12.3. The van der Waals surface area contributed by atoms with Gasteiger partial charge in [0.15, 0.2) is 15.6 Å². The fourth-order valence-electron chi connectivity index (χ4n) is 2.57. The lowest BCUT2D eigenvalue weighted by Gasteiger charge is -2.16. The Labute approximate surface area is 141 Å². The van der Waals surface area contributed by atoms with Crippen LogP contribution < -0.4 is 10.6 Å². The zero-order chi connectivity index (χ0) is 17.2. The van der Waals surface area contributed by atoms with Gasteiger partial charge in [0.05, 0.1) is 16.0 Å². The van der Waals surface area contributed by atoms with Gasteiger partial charge in [0.2, 0.25) is 0 Å². The standard InChI is InChI=1S/C15H21ClN2O4S/c1-9(2)23(21,22)14-11(16)7-8-12(13(14)19)18-15(20)17-10-5-3-4-6-10/h7-10,19H,3-6H2,1-2H3,(H2,17,18,20). The molecule has 0 spiro atoms. The molecule has 0 atom stereocenters. The van der Waals surface area contributed by atoms with E-state index in [9.17, 15) is 18.3 Å². The molecule has 2 amide bonds. The summed E-state index contributed by atoms with van der Waals surface area (Å²) in [4.78, 5) is 11.6. The molecule has 0 bridgehead atoms. The van der Waals surface area contributed by atoms with Gasteiger partial charge in [-0.2, -0.15) is 0 Å². The predicted molar refractivity (Wildman–Crippen MR) is 89.8 cm³/mol. The minimum Gasteiger partial charge on any atom is -0.504 e. The topological polar surface area (TPSA) is 95.5 Å². The summed E-state index contributed by atoms with van der Waals surface area (Å²) in [5, 5.41) is 14.7. The van der Waals surface area contributed by atoms with Crippen LogP contribution in [0.4, 0.5) is 10.5 Å². The number of phenols is 1. The van der Waals surface area contributed by atoms with E-state index in [0.29, 0.717) is 0 Å². The molecule has 128 valence electrons. The van der Waals surface area contributed by atoms with Crippen molar-refractivity contribution in [1.82, 2.24) is 5.32 Å². The molecule has 1 aliphatic rings. The summed E-state index contributed by atoms with van der Waals surface area (Å²) in [7, 11) is -3.77. The number of halogens is 1. The molecule has 2 rings (SSSR count). The van der Waals surface area contributed by atoms with Crippen LogP contribution >= 0.6 is 11.6 Å². The summed E-state index contributed by atoms with van der Waals surface area (Å²) in [6.45, 7) is 3.00. The third kappa shape index (κ3) is 3.90. The van der Waals surface area contributed by atoms with Crippen molar-refractivity contribution in [2.45, 2.75) is 55.7 Å². The van der Waals surface area contributed by atoms with E-state index < -0.39 is 26.9 Å². The van der Waals surface area contributed by atoms with Crippen molar-refractivity contribution in [1.29, 1.82) is 0 Å². The van der Waals surface area contributed by atoms with Crippen molar-refractivity contribution >= 4 is 33.2 Å². The number of rotatable bonds is 4.